The molecular formula is C21H22N4O3S. The number of aryl methyl sites for hydroxylation is 2. The first-order valence-corrected chi connectivity index (χ1v) is 10.2. The van der Waals surface area contributed by atoms with Gasteiger partial charge in [-0.05, 0) is 51.1 Å². The Morgan fingerprint density at radius 3 is 2.69 bits per heavy atom. The first-order valence-electron chi connectivity index (χ1n) is 9.41. The zero-order chi connectivity index (χ0) is 20.4. The van der Waals surface area contributed by atoms with Crippen LogP contribution in [0.1, 0.15) is 39.6 Å². The quantitative estimate of drug-likeness (QED) is 0.670. The van der Waals surface area contributed by atoms with Crippen LogP contribution in [0.15, 0.2) is 36.5 Å². The molecule has 1 amide bonds. The molecule has 0 spiro atoms. The molecule has 7 nitrogen and oxygen atoms in total. The highest BCUT2D eigenvalue weighted by molar-refractivity contribution is 7.14. The molecular weight excluding hydrogens is 388 g/mol. The van der Waals surface area contributed by atoms with Gasteiger partial charge in [0.15, 0.2) is 0 Å². The number of nitrogens with zero attached hydrogens (tertiary/aromatic N) is 3. The van der Waals surface area contributed by atoms with E-state index in [1.807, 2.05) is 51.2 Å². The third-order valence-corrected chi connectivity index (χ3v) is 5.52. The van der Waals surface area contributed by atoms with Gasteiger partial charge < -0.3 is 14.8 Å². The van der Waals surface area contributed by atoms with Crippen molar-refractivity contribution in [3.63, 3.8) is 0 Å². The van der Waals surface area contributed by atoms with Gasteiger partial charge in [0.05, 0.1) is 30.6 Å². The molecule has 1 aliphatic rings. The molecule has 0 saturated carbocycles. The zero-order valence-corrected chi connectivity index (χ0v) is 17.3. The van der Waals surface area contributed by atoms with Gasteiger partial charge >= 0.3 is 0 Å². The van der Waals surface area contributed by atoms with Gasteiger partial charge in [0.2, 0.25) is 0 Å². The molecule has 0 aliphatic carbocycles. The Balaban J connectivity index is 1.59. The molecule has 3 aromatic rings. The standard InChI is InChI=1S/C21H22N4O3S/c1-12-4-5-19(25-24-12)14(3)23-20(26)15-6-16(21-22-9-13(2)29-21)8-17(7-15)28-18-10-27-11-18/h4-9,14,18H,10-11H2,1-3H3,(H,23,26). The summed E-state index contributed by atoms with van der Waals surface area (Å²) in [4.78, 5) is 18.5. The van der Waals surface area contributed by atoms with E-state index in [2.05, 4.69) is 20.5 Å². The van der Waals surface area contributed by atoms with Crippen LogP contribution in [0.3, 0.4) is 0 Å². The van der Waals surface area contributed by atoms with Crippen LogP contribution >= 0.6 is 11.3 Å². The minimum Gasteiger partial charge on any atom is -0.486 e. The fourth-order valence-electron chi connectivity index (χ4n) is 2.88. The Kier molecular flexibility index (Phi) is 5.55. The third kappa shape index (κ3) is 4.60. The molecule has 0 radical (unpaired) electrons. The number of thiazole rings is 1. The van der Waals surface area contributed by atoms with E-state index in [4.69, 9.17) is 9.47 Å². The Labute approximate surface area is 173 Å². The topological polar surface area (TPSA) is 86.2 Å². The van der Waals surface area contributed by atoms with Crippen LogP contribution in [0.25, 0.3) is 10.6 Å². The van der Waals surface area contributed by atoms with Crippen molar-refractivity contribution < 1.29 is 14.3 Å². The molecule has 1 saturated heterocycles. The second kappa shape index (κ2) is 8.26. The van der Waals surface area contributed by atoms with Gasteiger partial charge in [-0.1, -0.05) is 0 Å². The van der Waals surface area contributed by atoms with Crippen LogP contribution in [0.2, 0.25) is 0 Å². The molecule has 0 bridgehead atoms. The van der Waals surface area contributed by atoms with E-state index in [1.165, 1.54) is 0 Å². The average molecular weight is 410 g/mol. The number of carbonyl (C=O) groups excluding carboxylic acids is 1. The van der Waals surface area contributed by atoms with E-state index >= 15 is 0 Å². The smallest absolute Gasteiger partial charge is 0.251 e. The monoisotopic (exact) mass is 410 g/mol. The predicted octanol–water partition coefficient (Wildman–Crippen LogP) is 3.49. The third-order valence-electron chi connectivity index (χ3n) is 4.56. The number of carbonyl (C=O) groups is 1. The van der Waals surface area contributed by atoms with Crippen molar-refractivity contribution in [2.75, 3.05) is 13.2 Å². The van der Waals surface area contributed by atoms with Crippen LogP contribution < -0.4 is 10.1 Å². The fourth-order valence-corrected chi connectivity index (χ4v) is 3.63. The molecule has 3 heterocycles. The number of aromatic nitrogens is 3. The van der Waals surface area contributed by atoms with Gasteiger partial charge in [-0.25, -0.2) is 4.98 Å². The van der Waals surface area contributed by atoms with E-state index in [-0.39, 0.29) is 18.1 Å². The summed E-state index contributed by atoms with van der Waals surface area (Å²) in [5.41, 5.74) is 2.91. The Hall–Kier alpha value is -2.84. The number of rotatable bonds is 6. The molecule has 1 N–H and O–H groups in total. The molecule has 150 valence electrons. The summed E-state index contributed by atoms with van der Waals surface area (Å²) in [5.74, 6) is 0.432. The van der Waals surface area contributed by atoms with Gasteiger partial charge in [-0.3, -0.25) is 4.79 Å². The summed E-state index contributed by atoms with van der Waals surface area (Å²) in [7, 11) is 0. The van der Waals surface area contributed by atoms with Gasteiger partial charge in [-0.2, -0.15) is 10.2 Å². The van der Waals surface area contributed by atoms with Crippen molar-refractivity contribution in [2.24, 2.45) is 0 Å². The number of ether oxygens (including phenoxy) is 2. The molecule has 8 heteroatoms. The lowest BCUT2D eigenvalue weighted by molar-refractivity contribution is -0.0796. The number of amides is 1. The van der Waals surface area contributed by atoms with Crippen LogP contribution in [-0.4, -0.2) is 40.4 Å². The summed E-state index contributed by atoms with van der Waals surface area (Å²) in [5, 5.41) is 12.1. The second-order valence-corrected chi connectivity index (χ2v) is 8.33. The molecule has 1 atom stereocenters. The van der Waals surface area contributed by atoms with E-state index in [0.29, 0.717) is 30.2 Å². The number of nitrogens with one attached hydrogen (secondary N) is 1. The Morgan fingerprint density at radius 2 is 2.07 bits per heavy atom. The SMILES string of the molecule is Cc1ccc(C(C)NC(=O)c2cc(OC3COC3)cc(-c3ncc(C)s3)c2)nn1. The highest BCUT2D eigenvalue weighted by Crippen LogP contribution is 2.30. The average Bonchev–Trinajstić information content (AvgIpc) is 3.11. The summed E-state index contributed by atoms with van der Waals surface area (Å²) in [6.07, 6.45) is 1.84. The largest absolute Gasteiger partial charge is 0.486 e. The molecule has 1 aliphatic heterocycles. The Morgan fingerprint density at radius 1 is 1.24 bits per heavy atom. The van der Waals surface area contributed by atoms with Crippen LogP contribution in [0.4, 0.5) is 0 Å². The minimum absolute atomic E-state index is 0.0148. The maximum atomic E-state index is 12.9. The lowest BCUT2D eigenvalue weighted by Crippen LogP contribution is -2.38. The first kappa shape index (κ1) is 19.5. The molecule has 1 unspecified atom stereocenters. The second-order valence-electron chi connectivity index (χ2n) is 7.09. The maximum absolute atomic E-state index is 12.9. The van der Waals surface area contributed by atoms with E-state index < -0.39 is 0 Å². The van der Waals surface area contributed by atoms with Crippen molar-refractivity contribution in [1.29, 1.82) is 0 Å². The molecule has 29 heavy (non-hydrogen) atoms. The highest BCUT2D eigenvalue weighted by Gasteiger charge is 2.22. The van der Waals surface area contributed by atoms with Crippen molar-refractivity contribution in [1.82, 2.24) is 20.5 Å². The van der Waals surface area contributed by atoms with E-state index in [0.717, 1.165) is 21.1 Å². The maximum Gasteiger partial charge on any atom is 0.251 e. The van der Waals surface area contributed by atoms with Crippen LogP contribution in [0.5, 0.6) is 5.75 Å². The van der Waals surface area contributed by atoms with Crippen molar-refractivity contribution >= 4 is 17.2 Å². The summed E-state index contributed by atoms with van der Waals surface area (Å²) >= 11 is 1.58. The fraction of sp³-hybridized carbons (Fsp3) is 0.333. The zero-order valence-electron chi connectivity index (χ0n) is 16.5. The summed E-state index contributed by atoms with van der Waals surface area (Å²) in [6.45, 7) is 6.89. The lowest BCUT2D eigenvalue weighted by Gasteiger charge is -2.27. The van der Waals surface area contributed by atoms with Gasteiger partial charge in [0.1, 0.15) is 16.9 Å². The van der Waals surface area contributed by atoms with Crippen LogP contribution in [0, 0.1) is 13.8 Å². The van der Waals surface area contributed by atoms with Crippen LogP contribution in [-0.2, 0) is 4.74 Å². The van der Waals surface area contributed by atoms with Gasteiger partial charge in [0, 0.05) is 22.2 Å². The first-order chi connectivity index (χ1) is 14.0. The molecule has 1 fully saturated rings. The number of hydrogen-bond donors (Lipinski definition) is 1. The normalized spacial score (nSPS) is 14.9. The van der Waals surface area contributed by atoms with Crippen molar-refractivity contribution in [2.45, 2.75) is 32.9 Å². The van der Waals surface area contributed by atoms with Crippen molar-refractivity contribution in [3.05, 3.63) is 58.4 Å². The summed E-state index contributed by atoms with van der Waals surface area (Å²) < 4.78 is 11.1. The lowest BCUT2D eigenvalue weighted by atomic mass is 10.1. The molecule has 4 rings (SSSR count). The predicted molar refractivity (Wildman–Crippen MR) is 110 cm³/mol. The van der Waals surface area contributed by atoms with Crippen molar-refractivity contribution in [3.8, 4) is 16.3 Å². The minimum atomic E-state index is -0.272. The van der Waals surface area contributed by atoms with E-state index in [9.17, 15) is 4.79 Å². The highest BCUT2D eigenvalue weighted by atomic mass is 32.1. The number of benzene rings is 1. The molecule has 1 aromatic carbocycles. The van der Waals surface area contributed by atoms with E-state index in [1.54, 1.807) is 17.4 Å². The summed E-state index contributed by atoms with van der Waals surface area (Å²) in [6, 6.07) is 8.99. The van der Waals surface area contributed by atoms with Gasteiger partial charge in [-0.15, -0.1) is 11.3 Å². The Bertz CT molecular complexity index is 1020. The number of hydrogen-bond acceptors (Lipinski definition) is 7. The molecule has 2 aromatic heterocycles. The van der Waals surface area contributed by atoms with Gasteiger partial charge in [0.25, 0.3) is 5.91 Å².